The van der Waals surface area contributed by atoms with Gasteiger partial charge < -0.3 is 20.4 Å². The number of nitrogens with one attached hydrogen (secondary N) is 2. The Kier molecular flexibility index (Phi) is 5.79. The number of rotatable bonds is 5. The van der Waals surface area contributed by atoms with E-state index in [4.69, 9.17) is 4.98 Å². The van der Waals surface area contributed by atoms with Crippen molar-refractivity contribution in [2.24, 2.45) is 0 Å². The number of hydrogen-bond donors (Lipinski definition) is 2. The fraction of sp³-hybridized carbons (Fsp3) is 0.593. The molecule has 8 heteroatoms. The molecule has 1 atom stereocenters. The fourth-order valence-corrected chi connectivity index (χ4v) is 6.52. The van der Waals surface area contributed by atoms with E-state index in [9.17, 15) is 4.79 Å². The number of piperazine rings is 1. The number of carbonyl (C=O) groups is 1. The lowest BCUT2D eigenvalue weighted by Crippen LogP contribution is -2.56. The van der Waals surface area contributed by atoms with Gasteiger partial charge in [0.25, 0.3) is 0 Å². The van der Waals surface area contributed by atoms with Gasteiger partial charge in [-0.2, -0.15) is 4.98 Å². The van der Waals surface area contributed by atoms with Crippen molar-refractivity contribution in [1.29, 1.82) is 0 Å². The number of anilines is 4. The molecular formula is C27H37N7O. The van der Waals surface area contributed by atoms with Crippen LogP contribution < -0.4 is 20.4 Å². The third-order valence-electron chi connectivity index (χ3n) is 8.48. The molecule has 3 aliphatic heterocycles. The fourth-order valence-electron chi connectivity index (χ4n) is 6.52. The molecule has 1 saturated carbocycles. The molecular weight excluding hydrogens is 438 g/mol. The predicted octanol–water partition coefficient (Wildman–Crippen LogP) is 3.31. The Morgan fingerprint density at radius 1 is 1.09 bits per heavy atom. The lowest BCUT2D eigenvalue weighted by molar-refractivity contribution is -0.123. The van der Waals surface area contributed by atoms with E-state index in [0.29, 0.717) is 24.5 Å². The van der Waals surface area contributed by atoms with E-state index >= 15 is 0 Å². The Bertz CT molecular complexity index is 1070. The second kappa shape index (κ2) is 8.97. The van der Waals surface area contributed by atoms with Crippen LogP contribution in [0.25, 0.3) is 0 Å². The first-order valence-electron chi connectivity index (χ1n) is 13.3. The van der Waals surface area contributed by atoms with E-state index in [1.54, 1.807) is 0 Å². The quantitative estimate of drug-likeness (QED) is 0.687. The van der Waals surface area contributed by atoms with Crippen molar-refractivity contribution in [1.82, 2.24) is 20.2 Å². The Labute approximate surface area is 208 Å². The highest BCUT2D eigenvalue weighted by Crippen LogP contribution is 2.46. The standard InChI is InChI=1S/C27H37N7O/c1-19(2)32-13-15-33(16-14-32)22-9-7-21(8-10-22)30-26-29-18-20-17-27(11-12-28-25(27)35)34(24(20)31-26)23-5-3-4-6-23/h7-10,18-19,23H,3-6,11-17H2,1-2H3,(H,28,35)(H,29,30,31). The van der Waals surface area contributed by atoms with Crippen LogP contribution in [0, 0.1) is 0 Å². The maximum absolute atomic E-state index is 13.0. The summed E-state index contributed by atoms with van der Waals surface area (Å²) in [6, 6.07) is 9.59. The van der Waals surface area contributed by atoms with Crippen LogP contribution in [-0.4, -0.2) is 71.1 Å². The zero-order valence-corrected chi connectivity index (χ0v) is 21.0. The number of amides is 1. The van der Waals surface area contributed by atoms with Crippen LogP contribution in [0.15, 0.2) is 30.5 Å². The first kappa shape index (κ1) is 22.6. The smallest absolute Gasteiger partial charge is 0.246 e. The Hall–Kier alpha value is -2.87. The molecule has 1 aromatic heterocycles. The van der Waals surface area contributed by atoms with Gasteiger partial charge in [-0.05, 0) is 57.4 Å². The second-order valence-electron chi connectivity index (χ2n) is 10.9. The highest BCUT2D eigenvalue weighted by Gasteiger charge is 2.55. The van der Waals surface area contributed by atoms with Crippen LogP contribution in [0.5, 0.6) is 0 Å². The summed E-state index contributed by atoms with van der Waals surface area (Å²) in [5, 5.41) is 6.49. The maximum atomic E-state index is 13.0. The molecule has 4 aliphatic rings. The van der Waals surface area contributed by atoms with Gasteiger partial charge in [-0.15, -0.1) is 0 Å². The minimum absolute atomic E-state index is 0.154. The maximum Gasteiger partial charge on any atom is 0.246 e. The molecule has 3 fully saturated rings. The van der Waals surface area contributed by atoms with Gasteiger partial charge in [0.05, 0.1) is 0 Å². The van der Waals surface area contributed by atoms with Gasteiger partial charge in [-0.1, -0.05) is 12.8 Å². The molecule has 0 radical (unpaired) electrons. The molecule has 1 unspecified atom stereocenters. The Morgan fingerprint density at radius 2 is 1.83 bits per heavy atom. The molecule has 2 N–H and O–H groups in total. The summed E-state index contributed by atoms with van der Waals surface area (Å²) in [7, 11) is 0. The zero-order chi connectivity index (χ0) is 24.0. The van der Waals surface area contributed by atoms with E-state index in [2.05, 4.69) is 68.4 Å². The van der Waals surface area contributed by atoms with Crippen LogP contribution in [0.3, 0.4) is 0 Å². The lowest BCUT2D eigenvalue weighted by atomic mass is 9.91. The van der Waals surface area contributed by atoms with Crippen molar-refractivity contribution < 1.29 is 4.79 Å². The monoisotopic (exact) mass is 475 g/mol. The summed E-state index contributed by atoms with van der Waals surface area (Å²) in [6.45, 7) is 9.62. The van der Waals surface area contributed by atoms with Crippen LogP contribution >= 0.6 is 0 Å². The molecule has 2 aromatic rings. The number of fused-ring (bicyclic) bond motifs is 1. The molecule has 2 saturated heterocycles. The number of carbonyl (C=O) groups excluding carboxylic acids is 1. The molecule has 35 heavy (non-hydrogen) atoms. The molecule has 6 rings (SSSR count). The molecule has 0 bridgehead atoms. The molecule has 1 amide bonds. The summed E-state index contributed by atoms with van der Waals surface area (Å²) < 4.78 is 0. The molecule has 1 spiro atoms. The Morgan fingerprint density at radius 3 is 2.49 bits per heavy atom. The van der Waals surface area contributed by atoms with Crippen molar-refractivity contribution in [2.75, 3.05) is 47.8 Å². The van der Waals surface area contributed by atoms with Gasteiger partial charge in [0, 0.05) is 74.4 Å². The van der Waals surface area contributed by atoms with Crippen LogP contribution in [-0.2, 0) is 11.2 Å². The van der Waals surface area contributed by atoms with Crippen LogP contribution in [0.2, 0.25) is 0 Å². The van der Waals surface area contributed by atoms with E-state index in [0.717, 1.165) is 69.1 Å². The molecule has 186 valence electrons. The predicted molar refractivity (Wildman–Crippen MR) is 139 cm³/mol. The third kappa shape index (κ3) is 4.01. The summed E-state index contributed by atoms with van der Waals surface area (Å²) in [5.41, 5.74) is 2.85. The highest BCUT2D eigenvalue weighted by atomic mass is 16.2. The lowest BCUT2D eigenvalue weighted by Gasteiger charge is -2.38. The molecule has 1 aromatic carbocycles. The first-order chi connectivity index (χ1) is 17.0. The second-order valence-corrected chi connectivity index (χ2v) is 10.9. The summed E-state index contributed by atoms with van der Waals surface area (Å²) in [6.07, 6.45) is 8.20. The average molecular weight is 476 g/mol. The van der Waals surface area contributed by atoms with E-state index in [1.165, 1.54) is 18.5 Å². The summed E-state index contributed by atoms with van der Waals surface area (Å²) in [5.74, 6) is 1.70. The van der Waals surface area contributed by atoms with E-state index < -0.39 is 5.54 Å². The third-order valence-corrected chi connectivity index (χ3v) is 8.48. The highest BCUT2D eigenvalue weighted by molar-refractivity contribution is 5.94. The van der Waals surface area contributed by atoms with E-state index in [1.807, 2.05) is 6.20 Å². The SMILES string of the molecule is CC(C)N1CCN(c2ccc(Nc3ncc4c(n3)N(C3CCCC3)C3(CCNC3=O)C4)cc2)CC1. The van der Waals surface area contributed by atoms with Gasteiger partial charge in [-0.25, -0.2) is 4.98 Å². The number of hydrogen-bond acceptors (Lipinski definition) is 7. The topological polar surface area (TPSA) is 76.6 Å². The van der Waals surface area contributed by atoms with Crippen LogP contribution in [0.1, 0.15) is 51.5 Å². The molecule has 8 nitrogen and oxygen atoms in total. The molecule has 4 heterocycles. The molecule has 1 aliphatic carbocycles. The number of nitrogens with zero attached hydrogens (tertiary/aromatic N) is 5. The zero-order valence-electron chi connectivity index (χ0n) is 21.0. The average Bonchev–Trinajstić information content (AvgIpc) is 3.59. The minimum Gasteiger partial charge on any atom is -0.369 e. The normalized spacial score (nSPS) is 25.1. The van der Waals surface area contributed by atoms with Gasteiger partial charge in [0.1, 0.15) is 11.4 Å². The van der Waals surface area contributed by atoms with Gasteiger partial charge in [0.2, 0.25) is 11.9 Å². The minimum atomic E-state index is -0.480. The number of aromatic nitrogens is 2. The van der Waals surface area contributed by atoms with Gasteiger partial charge >= 0.3 is 0 Å². The largest absolute Gasteiger partial charge is 0.369 e. The van der Waals surface area contributed by atoms with Crippen molar-refractivity contribution in [2.45, 2.75) is 70.0 Å². The van der Waals surface area contributed by atoms with Gasteiger partial charge in [0.15, 0.2) is 0 Å². The Balaban J connectivity index is 1.19. The van der Waals surface area contributed by atoms with Crippen LogP contribution in [0.4, 0.5) is 23.1 Å². The summed E-state index contributed by atoms with van der Waals surface area (Å²) >= 11 is 0. The first-order valence-corrected chi connectivity index (χ1v) is 13.3. The van der Waals surface area contributed by atoms with Gasteiger partial charge in [-0.3, -0.25) is 9.69 Å². The number of benzene rings is 1. The van der Waals surface area contributed by atoms with Crippen molar-refractivity contribution in [3.63, 3.8) is 0 Å². The van der Waals surface area contributed by atoms with E-state index in [-0.39, 0.29) is 5.91 Å². The summed E-state index contributed by atoms with van der Waals surface area (Å²) in [4.78, 5) is 30.0. The van der Waals surface area contributed by atoms with Crippen molar-refractivity contribution in [3.8, 4) is 0 Å². The van der Waals surface area contributed by atoms with Crippen molar-refractivity contribution >= 4 is 29.0 Å². The van der Waals surface area contributed by atoms with Crippen molar-refractivity contribution in [3.05, 3.63) is 36.0 Å².